The van der Waals surface area contributed by atoms with E-state index < -0.39 is 0 Å². The first-order valence-corrected chi connectivity index (χ1v) is 9.07. The third-order valence-corrected chi connectivity index (χ3v) is 5.26. The summed E-state index contributed by atoms with van der Waals surface area (Å²) in [5.41, 5.74) is 2.68. The van der Waals surface area contributed by atoms with E-state index in [1.807, 2.05) is 17.5 Å². The Bertz CT molecular complexity index is 791. The first kappa shape index (κ1) is 15.4. The zero-order valence-corrected chi connectivity index (χ0v) is 14.5. The third-order valence-electron chi connectivity index (χ3n) is 4.40. The maximum atomic E-state index is 5.41. The molecule has 6 heteroatoms. The molecule has 0 bridgehead atoms. The molecule has 0 N–H and O–H groups in total. The number of anilines is 1. The van der Waals surface area contributed by atoms with E-state index in [0.29, 0.717) is 11.7 Å². The van der Waals surface area contributed by atoms with E-state index in [2.05, 4.69) is 51.1 Å². The van der Waals surface area contributed by atoms with Crippen molar-refractivity contribution in [1.82, 2.24) is 15.0 Å². The van der Waals surface area contributed by atoms with Gasteiger partial charge in [0.05, 0.1) is 11.4 Å². The number of hydrogen-bond acceptors (Lipinski definition) is 6. The number of thiophene rings is 1. The molecule has 3 aromatic rings. The quantitative estimate of drug-likeness (QED) is 0.728. The fourth-order valence-corrected chi connectivity index (χ4v) is 3.73. The number of para-hydroxylation sites is 1. The standard InChI is InChI=1S/C18H20N4OS/c1-14-5-2-3-6-15(14)22-10-8-21(9-11-22)13-17-19-18(20-23-17)16-7-4-12-24-16/h2-7,12H,8-11,13H2,1H3. The van der Waals surface area contributed by atoms with E-state index in [4.69, 9.17) is 4.52 Å². The van der Waals surface area contributed by atoms with E-state index in [9.17, 15) is 0 Å². The Labute approximate surface area is 145 Å². The van der Waals surface area contributed by atoms with E-state index in [1.165, 1.54) is 11.3 Å². The van der Waals surface area contributed by atoms with Crippen LogP contribution in [0.3, 0.4) is 0 Å². The minimum atomic E-state index is 0.693. The van der Waals surface area contributed by atoms with Crippen LogP contribution in [0.5, 0.6) is 0 Å². The summed E-state index contributed by atoms with van der Waals surface area (Å²) in [4.78, 5) is 10.4. The Balaban J connectivity index is 1.36. The first-order valence-electron chi connectivity index (χ1n) is 8.19. The lowest BCUT2D eigenvalue weighted by Crippen LogP contribution is -2.46. The molecule has 4 rings (SSSR count). The summed E-state index contributed by atoms with van der Waals surface area (Å²) < 4.78 is 5.41. The molecule has 0 spiro atoms. The molecule has 5 nitrogen and oxygen atoms in total. The van der Waals surface area contributed by atoms with Crippen LogP contribution < -0.4 is 4.90 Å². The Morgan fingerprint density at radius 3 is 2.67 bits per heavy atom. The highest BCUT2D eigenvalue weighted by Crippen LogP contribution is 2.23. The summed E-state index contributed by atoms with van der Waals surface area (Å²) in [6.45, 7) is 6.95. The lowest BCUT2D eigenvalue weighted by atomic mass is 10.1. The highest BCUT2D eigenvalue weighted by atomic mass is 32.1. The predicted octanol–water partition coefficient (Wildman–Crippen LogP) is 3.43. The van der Waals surface area contributed by atoms with Crippen LogP contribution in [0.1, 0.15) is 11.5 Å². The van der Waals surface area contributed by atoms with Crippen LogP contribution >= 0.6 is 11.3 Å². The summed E-state index contributed by atoms with van der Waals surface area (Å²) in [5.74, 6) is 1.39. The van der Waals surface area contributed by atoms with Crippen molar-refractivity contribution in [2.75, 3.05) is 31.1 Å². The van der Waals surface area contributed by atoms with Crippen LogP contribution in [0.25, 0.3) is 10.7 Å². The van der Waals surface area contributed by atoms with Gasteiger partial charge in [-0.15, -0.1) is 11.3 Å². The first-order chi connectivity index (χ1) is 11.8. The Kier molecular flexibility index (Phi) is 4.32. The van der Waals surface area contributed by atoms with Crippen LogP contribution in [-0.2, 0) is 6.54 Å². The number of hydrogen-bond donors (Lipinski definition) is 0. The molecular formula is C18H20N4OS. The van der Waals surface area contributed by atoms with Gasteiger partial charge in [-0.1, -0.05) is 29.4 Å². The van der Waals surface area contributed by atoms with Crippen LogP contribution in [0.4, 0.5) is 5.69 Å². The molecule has 1 aliphatic heterocycles. The van der Waals surface area contributed by atoms with Gasteiger partial charge in [0.25, 0.3) is 0 Å². The highest BCUT2D eigenvalue weighted by molar-refractivity contribution is 7.13. The molecule has 0 aliphatic carbocycles. The molecule has 2 aromatic heterocycles. The minimum Gasteiger partial charge on any atom is -0.369 e. The van der Waals surface area contributed by atoms with Gasteiger partial charge in [0.1, 0.15) is 0 Å². The van der Waals surface area contributed by atoms with Gasteiger partial charge >= 0.3 is 0 Å². The molecule has 1 aromatic carbocycles. The highest BCUT2D eigenvalue weighted by Gasteiger charge is 2.20. The molecule has 1 aliphatic rings. The van der Waals surface area contributed by atoms with Gasteiger partial charge in [0.2, 0.25) is 11.7 Å². The van der Waals surface area contributed by atoms with Crippen molar-refractivity contribution in [3.05, 3.63) is 53.2 Å². The molecule has 24 heavy (non-hydrogen) atoms. The smallest absolute Gasteiger partial charge is 0.241 e. The fraction of sp³-hybridized carbons (Fsp3) is 0.333. The molecule has 1 saturated heterocycles. The van der Waals surface area contributed by atoms with E-state index in [-0.39, 0.29) is 0 Å². The molecule has 0 amide bonds. The van der Waals surface area contributed by atoms with E-state index in [1.54, 1.807) is 11.3 Å². The van der Waals surface area contributed by atoms with Crippen molar-refractivity contribution in [3.8, 4) is 10.7 Å². The average molecular weight is 340 g/mol. The third kappa shape index (κ3) is 3.20. The molecule has 0 unspecified atom stereocenters. The van der Waals surface area contributed by atoms with E-state index in [0.717, 1.165) is 37.6 Å². The molecule has 3 heterocycles. The second-order valence-electron chi connectivity index (χ2n) is 6.04. The summed E-state index contributed by atoms with van der Waals surface area (Å²) in [6, 6.07) is 12.6. The van der Waals surface area contributed by atoms with Gasteiger partial charge in [-0.05, 0) is 30.0 Å². The summed E-state index contributed by atoms with van der Waals surface area (Å²) >= 11 is 1.63. The molecule has 0 saturated carbocycles. The van der Waals surface area contributed by atoms with Gasteiger partial charge < -0.3 is 9.42 Å². The number of nitrogens with zero attached hydrogens (tertiary/aromatic N) is 4. The molecular weight excluding hydrogens is 320 g/mol. The van der Waals surface area contributed by atoms with Crippen LogP contribution in [-0.4, -0.2) is 41.2 Å². The van der Waals surface area contributed by atoms with Crippen LogP contribution in [0, 0.1) is 6.92 Å². The predicted molar refractivity (Wildman–Crippen MR) is 96.3 cm³/mol. The van der Waals surface area contributed by atoms with Crippen molar-refractivity contribution in [2.45, 2.75) is 13.5 Å². The Morgan fingerprint density at radius 2 is 1.92 bits per heavy atom. The minimum absolute atomic E-state index is 0.693. The number of aryl methyl sites for hydroxylation is 1. The maximum Gasteiger partial charge on any atom is 0.241 e. The fourth-order valence-electron chi connectivity index (χ4n) is 3.08. The van der Waals surface area contributed by atoms with Crippen molar-refractivity contribution < 1.29 is 4.52 Å². The molecule has 124 valence electrons. The van der Waals surface area contributed by atoms with Crippen LogP contribution in [0.15, 0.2) is 46.3 Å². The van der Waals surface area contributed by atoms with Gasteiger partial charge in [-0.3, -0.25) is 4.90 Å². The lowest BCUT2D eigenvalue weighted by molar-refractivity contribution is 0.215. The second kappa shape index (κ2) is 6.75. The summed E-state index contributed by atoms with van der Waals surface area (Å²) in [5, 5.41) is 6.11. The van der Waals surface area contributed by atoms with Crippen molar-refractivity contribution >= 4 is 17.0 Å². The summed E-state index contributed by atoms with van der Waals surface area (Å²) in [6.07, 6.45) is 0. The van der Waals surface area contributed by atoms with Crippen molar-refractivity contribution in [3.63, 3.8) is 0 Å². The van der Waals surface area contributed by atoms with Crippen molar-refractivity contribution in [2.24, 2.45) is 0 Å². The number of piperazine rings is 1. The number of aromatic nitrogens is 2. The molecule has 0 radical (unpaired) electrons. The SMILES string of the molecule is Cc1ccccc1N1CCN(Cc2nc(-c3cccs3)no2)CC1. The second-order valence-corrected chi connectivity index (χ2v) is 6.99. The zero-order valence-electron chi connectivity index (χ0n) is 13.7. The van der Waals surface area contributed by atoms with Crippen LogP contribution in [0.2, 0.25) is 0 Å². The number of benzene rings is 1. The maximum absolute atomic E-state index is 5.41. The zero-order chi connectivity index (χ0) is 16.4. The monoisotopic (exact) mass is 340 g/mol. The lowest BCUT2D eigenvalue weighted by Gasteiger charge is -2.36. The average Bonchev–Trinajstić information content (AvgIpc) is 3.27. The van der Waals surface area contributed by atoms with Crippen molar-refractivity contribution in [1.29, 1.82) is 0 Å². The van der Waals surface area contributed by atoms with Gasteiger partial charge in [-0.2, -0.15) is 4.98 Å². The van der Waals surface area contributed by atoms with E-state index >= 15 is 0 Å². The normalized spacial score (nSPS) is 15.8. The number of rotatable bonds is 4. The summed E-state index contributed by atoms with van der Waals surface area (Å²) in [7, 11) is 0. The Morgan fingerprint density at radius 1 is 1.08 bits per heavy atom. The Hall–Kier alpha value is -2.18. The topological polar surface area (TPSA) is 45.4 Å². The largest absolute Gasteiger partial charge is 0.369 e. The molecule has 0 atom stereocenters. The van der Waals surface area contributed by atoms with Gasteiger partial charge in [0, 0.05) is 31.9 Å². The van der Waals surface area contributed by atoms with Gasteiger partial charge in [0.15, 0.2) is 0 Å². The molecule has 1 fully saturated rings. The van der Waals surface area contributed by atoms with Gasteiger partial charge in [-0.25, -0.2) is 0 Å².